The van der Waals surface area contributed by atoms with Crippen molar-refractivity contribution in [3.63, 3.8) is 0 Å². The average Bonchev–Trinajstić information content (AvgIpc) is 3.20. The van der Waals surface area contributed by atoms with E-state index in [1.54, 1.807) is 17.3 Å². The summed E-state index contributed by atoms with van der Waals surface area (Å²) in [6, 6.07) is 14.2. The number of nitrogens with zero attached hydrogens (tertiary/aromatic N) is 2. The van der Waals surface area contributed by atoms with E-state index in [0.29, 0.717) is 24.3 Å². The molecule has 1 saturated heterocycles. The molecule has 0 aliphatic carbocycles. The number of fused-ring (bicyclic) bond motifs is 1. The molecule has 142 valence electrons. The zero-order valence-corrected chi connectivity index (χ0v) is 16.6. The first-order valence-corrected chi connectivity index (χ1v) is 9.88. The number of nitrogens with one attached hydrogen (secondary N) is 2. The normalized spacial score (nSPS) is 16.2. The van der Waals surface area contributed by atoms with Gasteiger partial charge in [0.05, 0.1) is 5.69 Å². The van der Waals surface area contributed by atoms with Crippen LogP contribution in [0.15, 0.2) is 65.4 Å². The number of rotatable bonds is 3. The number of hydrogen-bond donors (Lipinski definition) is 2. The Labute approximate surface area is 171 Å². The van der Waals surface area contributed by atoms with Gasteiger partial charge in [-0.05, 0) is 49.2 Å². The van der Waals surface area contributed by atoms with Crippen LogP contribution >= 0.6 is 15.9 Å². The molecule has 1 fully saturated rings. The molecule has 3 aromatic rings. The molecular formula is C21H19BrN4O2. The molecule has 2 heterocycles. The topological polar surface area (TPSA) is 74.3 Å². The quantitative estimate of drug-likeness (QED) is 0.625. The summed E-state index contributed by atoms with van der Waals surface area (Å²) in [6.45, 7) is 0.552. The van der Waals surface area contributed by atoms with Crippen molar-refractivity contribution in [2.75, 3.05) is 17.2 Å². The predicted octanol–water partition coefficient (Wildman–Crippen LogP) is 4.63. The Morgan fingerprint density at radius 3 is 2.71 bits per heavy atom. The second-order valence-corrected chi connectivity index (χ2v) is 7.60. The van der Waals surface area contributed by atoms with Crippen LogP contribution in [0.1, 0.15) is 12.8 Å². The lowest BCUT2D eigenvalue weighted by atomic mass is 10.1. The van der Waals surface area contributed by atoms with E-state index in [9.17, 15) is 9.59 Å². The molecule has 2 N–H and O–H groups in total. The van der Waals surface area contributed by atoms with Crippen LogP contribution in [0.5, 0.6) is 0 Å². The summed E-state index contributed by atoms with van der Waals surface area (Å²) in [5, 5.41) is 7.72. The highest BCUT2D eigenvalue weighted by Crippen LogP contribution is 2.25. The minimum Gasteiger partial charge on any atom is -0.324 e. The van der Waals surface area contributed by atoms with E-state index in [2.05, 4.69) is 31.5 Å². The molecule has 0 radical (unpaired) electrons. The summed E-state index contributed by atoms with van der Waals surface area (Å²) in [7, 11) is 0. The second-order valence-electron chi connectivity index (χ2n) is 6.68. The molecule has 0 saturated carbocycles. The van der Waals surface area contributed by atoms with Gasteiger partial charge in [0.15, 0.2) is 0 Å². The lowest BCUT2D eigenvalue weighted by molar-refractivity contribution is -0.119. The summed E-state index contributed by atoms with van der Waals surface area (Å²) >= 11 is 3.38. The van der Waals surface area contributed by atoms with E-state index in [1.165, 1.54) is 0 Å². The zero-order valence-electron chi connectivity index (χ0n) is 15.1. The maximum atomic E-state index is 12.9. The van der Waals surface area contributed by atoms with Crippen molar-refractivity contribution < 1.29 is 9.59 Å². The maximum absolute atomic E-state index is 12.9. The van der Waals surface area contributed by atoms with Gasteiger partial charge in [-0.2, -0.15) is 0 Å². The fourth-order valence-electron chi connectivity index (χ4n) is 3.46. The van der Waals surface area contributed by atoms with Crippen LogP contribution in [0.4, 0.5) is 16.2 Å². The number of benzene rings is 2. The van der Waals surface area contributed by atoms with Crippen molar-refractivity contribution in [2.45, 2.75) is 18.9 Å². The number of carbonyl (C=O) groups is 2. The first kappa shape index (κ1) is 18.4. The second kappa shape index (κ2) is 7.98. The van der Waals surface area contributed by atoms with E-state index in [1.807, 2.05) is 48.5 Å². The fraction of sp³-hybridized carbons (Fsp3) is 0.190. The first-order valence-electron chi connectivity index (χ1n) is 9.08. The Hall–Kier alpha value is -2.93. The fourth-order valence-corrected chi connectivity index (χ4v) is 3.72. The number of amides is 3. The van der Waals surface area contributed by atoms with E-state index in [4.69, 9.17) is 0 Å². The number of pyridine rings is 1. The van der Waals surface area contributed by atoms with Crippen LogP contribution in [0.3, 0.4) is 0 Å². The van der Waals surface area contributed by atoms with Gasteiger partial charge >= 0.3 is 6.03 Å². The van der Waals surface area contributed by atoms with Crippen molar-refractivity contribution >= 4 is 50.0 Å². The Morgan fingerprint density at radius 1 is 1.07 bits per heavy atom. The third-order valence-corrected chi connectivity index (χ3v) is 5.38. The Balaban J connectivity index is 1.48. The summed E-state index contributed by atoms with van der Waals surface area (Å²) in [4.78, 5) is 31.3. The van der Waals surface area contributed by atoms with Crippen LogP contribution in [0.2, 0.25) is 0 Å². The molecule has 0 bridgehead atoms. The van der Waals surface area contributed by atoms with Crippen LogP contribution in [0, 0.1) is 0 Å². The SMILES string of the molecule is O=C(Nc1ccc(Br)cc1)[C@@H]1CCCN1C(=O)Nc1cccc2cnccc12. The predicted molar refractivity (Wildman–Crippen MR) is 113 cm³/mol. The highest BCUT2D eigenvalue weighted by Gasteiger charge is 2.34. The van der Waals surface area contributed by atoms with Crippen LogP contribution < -0.4 is 10.6 Å². The maximum Gasteiger partial charge on any atom is 0.322 e. The molecule has 1 atom stereocenters. The molecule has 2 aromatic carbocycles. The van der Waals surface area contributed by atoms with E-state index in [0.717, 1.165) is 21.7 Å². The number of hydrogen-bond acceptors (Lipinski definition) is 3. The number of urea groups is 1. The monoisotopic (exact) mass is 438 g/mol. The lowest BCUT2D eigenvalue weighted by Crippen LogP contribution is -2.45. The Bertz CT molecular complexity index is 1020. The molecule has 0 spiro atoms. The van der Waals surface area contributed by atoms with Crippen molar-refractivity contribution in [1.29, 1.82) is 0 Å². The Kier molecular flexibility index (Phi) is 5.25. The lowest BCUT2D eigenvalue weighted by Gasteiger charge is -2.24. The number of likely N-dealkylation sites (tertiary alicyclic amines) is 1. The van der Waals surface area contributed by atoms with Crippen molar-refractivity contribution in [3.8, 4) is 0 Å². The van der Waals surface area contributed by atoms with Gasteiger partial charge in [-0.1, -0.05) is 28.1 Å². The number of anilines is 2. The van der Waals surface area contributed by atoms with Crippen molar-refractivity contribution in [3.05, 3.63) is 65.4 Å². The van der Waals surface area contributed by atoms with Gasteiger partial charge in [-0.25, -0.2) is 4.79 Å². The summed E-state index contributed by atoms with van der Waals surface area (Å²) in [5.41, 5.74) is 1.42. The summed E-state index contributed by atoms with van der Waals surface area (Å²) in [5.74, 6) is -0.169. The highest BCUT2D eigenvalue weighted by atomic mass is 79.9. The number of carbonyl (C=O) groups excluding carboxylic acids is 2. The molecule has 7 heteroatoms. The number of aromatic nitrogens is 1. The van der Waals surface area contributed by atoms with Gasteiger partial charge < -0.3 is 15.5 Å². The molecule has 4 rings (SSSR count). The standard InChI is InChI=1S/C21H19BrN4O2/c22-15-6-8-16(9-7-15)24-20(27)19-5-2-12-26(19)21(28)25-18-4-1-3-14-13-23-11-10-17(14)18/h1,3-4,6-11,13,19H,2,5,12H2,(H,24,27)(H,25,28)/t19-/m0/s1. The van der Waals surface area contributed by atoms with Crippen molar-refractivity contribution in [1.82, 2.24) is 9.88 Å². The molecule has 0 unspecified atom stereocenters. The molecule has 1 aromatic heterocycles. The van der Waals surface area contributed by atoms with Gasteiger partial charge in [0.2, 0.25) is 5.91 Å². The van der Waals surface area contributed by atoms with Crippen LogP contribution in [0.25, 0.3) is 10.8 Å². The summed E-state index contributed by atoms with van der Waals surface area (Å²) in [6.07, 6.45) is 4.90. The van der Waals surface area contributed by atoms with E-state index >= 15 is 0 Å². The van der Waals surface area contributed by atoms with Gasteiger partial charge in [-0.3, -0.25) is 9.78 Å². The highest BCUT2D eigenvalue weighted by molar-refractivity contribution is 9.10. The number of halogens is 1. The molecular weight excluding hydrogens is 420 g/mol. The van der Waals surface area contributed by atoms with E-state index < -0.39 is 6.04 Å². The average molecular weight is 439 g/mol. The molecule has 1 aliphatic heterocycles. The van der Waals surface area contributed by atoms with Gasteiger partial charge in [-0.15, -0.1) is 0 Å². The third kappa shape index (κ3) is 3.84. The van der Waals surface area contributed by atoms with E-state index in [-0.39, 0.29) is 11.9 Å². The van der Waals surface area contributed by atoms with Crippen LogP contribution in [-0.2, 0) is 4.79 Å². The largest absolute Gasteiger partial charge is 0.324 e. The van der Waals surface area contributed by atoms with Gasteiger partial charge in [0.1, 0.15) is 6.04 Å². The Morgan fingerprint density at radius 2 is 1.89 bits per heavy atom. The molecule has 6 nitrogen and oxygen atoms in total. The molecule has 1 aliphatic rings. The smallest absolute Gasteiger partial charge is 0.322 e. The van der Waals surface area contributed by atoms with Crippen molar-refractivity contribution in [2.24, 2.45) is 0 Å². The third-order valence-electron chi connectivity index (χ3n) is 4.85. The summed E-state index contributed by atoms with van der Waals surface area (Å²) < 4.78 is 0.942. The zero-order chi connectivity index (χ0) is 19.5. The minimum absolute atomic E-state index is 0.169. The van der Waals surface area contributed by atoms with Gasteiger partial charge in [0, 0.05) is 39.9 Å². The van der Waals surface area contributed by atoms with Crippen LogP contribution in [-0.4, -0.2) is 34.4 Å². The van der Waals surface area contributed by atoms with Gasteiger partial charge in [0.25, 0.3) is 0 Å². The molecule has 3 amide bonds. The first-order chi connectivity index (χ1) is 13.6. The minimum atomic E-state index is -0.486. The molecule has 28 heavy (non-hydrogen) atoms.